The maximum absolute atomic E-state index is 12.3. The van der Waals surface area contributed by atoms with E-state index in [0.29, 0.717) is 31.0 Å². The molecule has 0 aromatic heterocycles. The molecule has 0 aliphatic heterocycles. The van der Waals surface area contributed by atoms with E-state index in [9.17, 15) is 19.8 Å². The number of Topliss-reactive ketones (excluding diaryl/α,β-unsaturated/α-hetero) is 1. The van der Waals surface area contributed by atoms with Gasteiger partial charge in [0.2, 0.25) is 0 Å². The molecule has 0 aromatic carbocycles. The average Bonchev–Trinajstić information content (AvgIpc) is 3.09. The van der Waals surface area contributed by atoms with Crippen molar-refractivity contribution in [2.75, 3.05) is 13.2 Å². The van der Waals surface area contributed by atoms with E-state index in [2.05, 4.69) is 19.1 Å². The number of hydrogen-bond acceptors (Lipinski definition) is 5. The molecule has 3 N–H and O–H groups in total. The van der Waals surface area contributed by atoms with Gasteiger partial charge in [0.15, 0.2) is 6.29 Å². The van der Waals surface area contributed by atoms with E-state index in [-0.39, 0.29) is 19.1 Å². The molecule has 6 nitrogen and oxygen atoms in total. The highest BCUT2D eigenvalue weighted by Gasteiger charge is 2.32. The highest BCUT2D eigenvalue weighted by molar-refractivity contribution is 5.83. The van der Waals surface area contributed by atoms with Crippen molar-refractivity contribution in [2.24, 2.45) is 17.8 Å². The van der Waals surface area contributed by atoms with Gasteiger partial charge in [-0.2, -0.15) is 0 Å². The first-order valence-electron chi connectivity index (χ1n) is 12.3. The molecule has 0 heterocycles. The number of carbonyl (C=O) groups excluding carboxylic acids is 1. The van der Waals surface area contributed by atoms with Crippen molar-refractivity contribution in [3.8, 4) is 0 Å². The second-order valence-corrected chi connectivity index (χ2v) is 8.83. The first-order valence-corrected chi connectivity index (χ1v) is 12.3. The number of carbonyl (C=O) groups is 2. The molecule has 1 aliphatic rings. The zero-order chi connectivity index (χ0) is 22.9. The van der Waals surface area contributed by atoms with Gasteiger partial charge >= 0.3 is 5.97 Å². The summed E-state index contributed by atoms with van der Waals surface area (Å²) in [5, 5.41) is 27.8. The number of aliphatic hydroxyl groups excluding tert-OH is 2. The van der Waals surface area contributed by atoms with E-state index in [4.69, 9.17) is 9.84 Å². The summed E-state index contributed by atoms with van der Waals surface area (Å²) in [5.41, 5.74) is 0. The number of carboxylic acid groups (broad SMARTS) is 1. The number of rotatable bonds is 19. The van der Waals surface area contributed by atoms with E-state index >= 15 is 0 Å². The normalized spacial score (nSPS) is 21.1. The summed E-state index contributed by atoms with van der Waals surface area (Å²) in [6.45, 7) is 1.89. The number of carboxylic acids is 1. The minimum Gasteiger partial charge on any atom is -0.481 e. The summed E-state index contributed by atoms with van der Waals surface area (Å²) >= 11 is 0. The second kappa shape index (κ2) is 17.3. The number of unbranched alkanes of at least 4 members (excludes halogenated alkanes) is 8. The number of allylic oxidation sites excluding steroid dienone is 2. The summed E-state index contributed by atoms with van der Waals surface area (Å²) in [5.74, 6) is -1.25. The van der Waals surface area contributed by atoms with E-state index < -0.39 is 18.2 Å². The highest BCUT2D eigenvalue weighted by Crippen LogP contribution is 2.34. The maximum Gasteiger partial charge on any atom is 0.311 e. The van der Waals surface area contributed by atoms with Crippen LogP contribution >= 0.6 is 0 Å². The molecule has 0 saturated heterocycles. The number of hydrogen-bond donors (Lipinski definition) is 3. The van der Waals surface area contributed by atoms with Gasteiger partial charge in [0.05, 0.1) is 13.2 Å². The zero-order valence-electron chi connectivity index (χ0n) is 19.3. The van der Waals surface area contributed by atoms with Crippen LogP contribution in [0.4, 0.5) is 0 Å². The van der Waals surface area contributed by atoms with Crippen molar-refractivity contribution in [2.45, 2.75) is 103 Å². The first kappa shape index (κ1) is 27.8. The Kier molecular flexibility index (Phi) is 15.5. The molecule has 0 amide bonds. The lowest BCUT2D eigenvalue weighted by atomic mass is 9.89. The highest BCUT2D eigenvalue weighted by atomic mass is 16.6. The van der Waals surface area contributed by atoms with Crippen LogP contribution in [-0.4, -0.2) is 46.6 Å². The summed E-state index contributed by atoms with van der Waals surface area (Å²) in [4.78, 5) is 23.6. The lowest BCUT2D eigenvalue weighted by Gasteiger charge is -2.19. The molecular formula is C25H44O6. The number of aliphatic carboxylic acids is 1. The quantitative estimate of drug-likeness (QED) is 0.150. The topological polar surface area (TPSA) is 104 Å². The Labute approximate surface area is 188 Å². The molecule has 1 fully saturated rings. The van der Waals surface area contributed by atoms with Crippen LogP contribution in [0.1, 0.15) is 96.8 Å². The molecule has 1 aliphatic carbocycles. The Morgan fingerprint density at radius 2 is 1.84 bits per heavy atom. The molecule has 1 saturated carbocycles. The van der Waals surface area contributed by atoms with Crippen LogP contribution in [-0.2, 0) is 14.3 Å². The number of ketones is 1. The Hall–Kier alpha value is -1.24. The minimum atomic E-state index is -1.40. The van der Waals surface area contributed by atoms with Crippen molar-refractivity contribution in [1.82, 2.24) is 0 Å². The van der Waals surface area contributed by atoms with Crippen LogP contribution in [0.3, 0.4) is 0 Å². The predicted molar refractivity (Wildman–Crippen MR) is 122 cm³/mol. The average molecular weight is 441 g/mol. The van der Waals surface area contributed by atoms with Gasteiger partial charge in [0.25, 0.3) is 0 Å². The molecule has 180 valence electrons. The summed E-state index contributed by atoms with van der Waals surface area (Å²) in [6, 6.07) is 0. The molecule has 31 heavy (non-hydrogen) atoms. The van der Waals surface area contributed by atoms with Gasteiger partial charge in [-0.1, -0.05) is 70.4 Å². The SMILES string of the molecule is CCCCCCCCC=C[C@H]1CCC(=O)[C@@H]1CCCCCC(C(=O)O)C(O)OCCO. The fourth-order valence-corrected chi connectivity index (χ4v) is 4.44. The molecule has 4 atom stereocenters. The first-order chi connectivity index (χ1) is 15.0. The van der Waals surface area contributed by atoms with Gasteiger partial charge in [-0.3, -0.25) is 9.59 Å². The van der Waals surface area contributed by atoms with E-state index in [1.807, 2.05) is 0 Å². The molecule has 0 bridgehead atoms. The molecular weight excluding hydrogens is 396 g/mol. The Bertz CT molecular complexity index is 518. The molecule has 1 rings (SSSR count). The van der Waals surface area contributed by atoms with Crippen LogP contribution < -0.4 is 0 Å². The maximum atomic E-state index is 12.3. The summed E-state index contributed by atoms with van der Waals surface area (Å²) in [6.07, 6.45) is 17.2. The van der Waals surface area contributed by atoms with Crippen molar-refractivity contribution in [3.63, 3.8) is 0 Å². The van der Waals surface area contributed by atoms with Crippen LogP contribution in [0.5, 0.6) is 0 Å². The minimum absolute atomic E-state index is 0.0809. The van der Waals surface area contributed by atoms with Gasteiger partial charge in [0.1, 0.15) is 11.7 Å². The standard InChI is InChI=1S/C25H44O6/c1-2-3-4-5-6-7-8-10-13-20-16-17-23(27)21(20)14-11-9-12-15-22(24(28)29)25(30)31-19-18-26/h10,13,20-22,25-26,30H,2-9,11-12,14-19H2,1H3,(H,28,29)/t20-,21+,22?,25?/m0/s1. The van der Waals surface area contributed by atoms with Crippen molar-refractivity contribution < 1.29 is 29.6 Å². The van der Waals surface area contributed by atoms with Crippen LogP contribution in [0, 0.1) is 17.8 Å². The Morgan fingerprint density at radius 3 is 2.55 bits per heavy atom. The van der Waals surface area contributed by atoms with E-state index in [1.165, 1.54) is 38.5 Å². The van der Waals surface area contributed by atoms with Gasteiger partial charge in [-0.25, -0.2) is 0 Å². The van der Waals surface area contributed by atoms with E-state index in [1.54, 1.807) is 0 Å². The molecule has 6 heteroatoms. The van der Waals surface area contributed by atoms with Crippen molar-refractivity contribution >= 4 is 11.8 Å². The molecule has 2 unspecified atom stereocenters. The Morgan fingerprint density at radius 1 is 1.13 bits per heavy atom. The fourth-order valence-electron chi connectivity index (χ4n) is 4.44. The fraction of sp³-hybridized carbons (Fsp3) is 0.840. The number of ether oxygens (including phenoxy) is 1. The van der Waals surface area contributed by atoms with Crippen LogP contribution in [0.15, 0.2) is 12.2 Å². The number of aliphatic hydroxyl groups is 2. The largest absolute Gasteiger partial charge is 0.481 e. The van der Waals surface area contributed by atoms with Crippen LogP contribution in [0.25, 0.3) is 0 Å². The third kappa shape index (κ3) is 11.8. The van der Waals surface area contributed by atoms with Crippen LogP contribution in [0.2, 0.25) is 0 Å². The monoisotopic (exact) mass is 440 g/mol. The molecule has 0 radical (unpaired) electrons. The molecule has 0 aromatic rings. The van der Waals surface area contributed by atoms with E-state index in [0.717, 1.165) is 32.1 Å². The van der Waals surface area contributed by atoms with Gasteiger partial charge in [-0.05, 0) is 38.0 Å². The summed E-state index contributed by atoms with van der Waals surface area (Å²) in [7, 11) is 0. The van der Waals surface area contributed by atoms with Gasteiger partial charge in [-0.15, -0.1) is 0 Å². The third-order valence-corrected chi connectivity index (χ3v) is 6.33. The summed E-state index contributed by atoms with van der Waals surface area (Å²) < 4.78 is 4.93. The lowest BCUT2D eigenvalue weighted by Crippen LogP contribution is -2.31. The predicted octanol–water partition coefficient (Wildman–Crippen LogP) is 4.87. The molecule has 0 spiro atoms. The smallest absolute Gasteiger partial charge is 0.311 e. The zero-order valence-corrected chi connectivity index (χ0v) is 19.3. The third-order valence-electron chi connectivity index (χ3n) is 6.33. The van der Waals surface area contributed by atoms with Gasteiger partial charge in [0, 0.05) is 12.3 Å². The van der Waals surface area contributed by atoms with Gasteiger partial charge < -0.3 is 20.1 Å². The Balaban J connectivity index is 2.26. The van der Waals surface area contributed by atoms with Crippen molar-refractivity contribution in [3.05, 3.63) is 12.2 Å². The lowest BCUT2D eigenvalue weighted by molar-refractivity contribution is -0.173. The second-order valence-electron chi connectivity index (χ2n) is 8.83. The van der Waals surface area contributed by atoms with Crippen molar-refractivity contribution in [1.29, 1.82) is 0 Å².